The maximum absolute atomic E-state index is 12.7. The van der Waals surface area contributed by atoms with Crippen molar-refractivity contribution in [2.45, 2.75) is 44.6 Å². The molecule has 0 aromatic heterocycles. The molecule has 0 aliphatic heterocycles. The Morgan fingerprint density at radius 1 is 1.08 bits per heavy atom. The SMILES string of the molecule is COc1cc(C)c(S(=O)(=O)NC(C)CCc2ccccc2)c(C)c1. The monoisotopic (exact) mass is 347 g/mol. The van der Waals surface area contributed by atoms with Crippen molar-refractivity contribution >= 4 is 10.0 Å². The van der Waals surface area contributed by atoms with Crippen LogP contribution in [0.15, 0.2) is 47.4 Å². The zero-order chi connectivity index (χ0) is 17.7. The summed E-state index contributed by atoms with van der Waals surface area (Å²) < 4.78 is 33.5. The Bertz CT molecular complexity index is 763. The van der Waals surface area contributed by atoms with Gasteiger partial charge in [-0.2, -0.15) is 0 Å². The van der Waals surface area contributed by atoms with E-state index in [-0.39, 0.29) is 6.04 Å². The first-order chi connectivity index (χ1) is 11.3. The number of rotatable bonds is 7. The summed E-state index contributed by atoms with van der Waals surface area (Å²) in [5, 5.41) is 0. The molecule has 5 heteroatoms. The topological polar surface area (TPSA) is 55.4 Å². The lowest BCUT2D eigenvalue weighted by Gasteiger charge is -2.17. The highest BCUT2D eigenvalue weighted by Crippen LogP contribution is 2.25. The largest absolute Gasteiger partial charge is 0.497 e. The summed E-state index contributed by atoms with van der Waals surface area (Å²) in [6.45, 7) is 5.48. The van der Waals surface area contributed by atoms with E-state index in [4.69, 9.17) is 4.74 Å². The van der Waals surface area contributed by atoms with E-state index >= 15 is 0 Å². The molecule has 1 N–H and O–H groups in total. The molecule has 4 nitrogen and oxygen atoms in total. The first-order valence-corrected chi connectivity index (χ1v) is 9.53. The van der Waals surface area contributed by atoms with Crippen molar-refractivity contribution in [3.63, 3.8) is 0 Å². The second-order valence-corrected chi connectivity index (χ2v) is 7.79. The Balaban J connectivity index is 2.10. The highest BCUT2D eigenvalue weighted by Gasteiger charge is 2.22. The number of benzene rings is 2. The van der Waals surface area contributed by atoms with Crippen molar-refractivity contribution in [2.75, 3.05) is 7.11 Å². The average molecular weight is 347 g/mol. The number of methoxy groups -OCH3 is 1. The van der Waals surface area contributed by atoms with Crippen molar-refractivity contribution in [2.24, 2.45) is 0 Å². The highest BCUT2D eigenvalue weighted by atomic mass is 32.2. The summed E-state index contributed by atoms with van der Waals surface area (Å²) >= 11 is 0. The predicted octanol–water partition coefficient (Wildman–Crippen LogP) is 3.61. The quantitative estimate of drug-likeness (QED) is 0.832. The van der Waals surface area contributed by atoms with Crippen LogP contribution in [0.4, 0.5) is 0 Å². The Morgan fingerprint density at radius 3 is 2.21 bits per heavy atom. The summed E-state index contributed by atoms with van der Waals surface area (Å²) in [6, 6.07) is 13.4. The van der Waals surface area contributed by atoms with Gasteiger partial charge in [0.05, 0.1) is 12.0 Å². The number of hydrogen-bond donors (Lipinski definition) is 1. The zero-order valence-electron chi connectivity index (χ0n) is 14.7. The molecular weight excluding hydrogens is 322 g/mol. The Hall–Kier alpha value is -1.85. The first kappa shape index (κ1) is 18.5. The Morgan fingerprint density at radius 2 is 1.67 bits per heavy atom. The summed E-state index contributed by atoms with van der Waals surface area (Å²) in [7, 11) is -1.98. The Labute approximate surface area is 144 Å². The smallest absolute Gasteiger partial charge is 0.241 e. The molecule has 130 valence electrons. The van der Waals surface area contributed by atoms with Crippen molar-refractivity contribution in [1.82, 2.24) is 4.72 Å². The molecule has 2 rings (SSSR count). The van der Waals surface area contributed by atoms with Gasteiger partial charge in [-0.15, -0.1) is 0 Å². The van der Waals surface area contributed by atoms with Gasteiger partial charge < -0.3 is 4.74 Å². The summed E-state index contributed by atoms with van der Waals surface area (Å²) in [4.78, 5) is 0.342. The third kappa shape index (κ3) is 4.58. The molecule has 0 bridgehead atoms. The fourth-order valence-corrected chi connectivity index (χ4v) is 4.59. The number of sulfonamides is 1. The molecule has 0 radical (unpaired) electrons. The summed E-state index contributed by atoms with van der Waals surface area (Å²) in [5.74, 6) is 0.668. The van der Waals surface area contributed by atoms with Crippen molar-refractivity contribution in [3.05, 3.63) is 59.2 Å². The van der Waals surface area contributed by atoms with Gasteiger partial charge in [0, 0.05) is 6.04 Å². The van der Waals surface area contributed by atoms with E-state index in [1.807, 2.05) is 25.1 Å². The van der Waals surface area contributed by atoms with Crippen LogP contribution in [-0.2, 0) is 16.4 Å². The highest BCUT2D eigenvalue weighted by molar-refractivity contribution is 7.89. The van der Waals surface area contributed by atoms with Gasteiger partial charge in [-0.3, -0.25) is 0 Å². The number of ether oxygens (including phenoxy) is 1. The maximum Gasteiger partial charge on any atom is 0.241 e. The van der Waals surface area contributed by atoms with Crippen LogP contribution < -0.4 is 9.46 Å². The third-order valence-electron chi connectivity index (χ3n) is 4.00. The molecule has 1 atom stereocenters. The lowest BCUT2D eigenvalue weighted by atomic mass is 10.1. The minimum absolute atomic E-state index is 0.142. The van der Waals surface area contributed by atoms with Crippen molar-refractivity contribution < 1.29 is 13.2 Å². The summed E-state index contributed by atoms with van der Waals surface area (Å²) in [6.07, 6.45) is 1.59. The van der Waals surface area contributed by atoms with Crippen LogP contribution in [0.3, 0.4) is 0 Å². The zero-order valence-corrected chi connectivity index (χ0v) is 15.5. The van der Waals surface area contributed by atoms with Gasteiger partial charge in [0.1, 0.15) is 5.75 Å². The fraction of sp³-hybridized carbons (Fsp3) is 0.368. The maximum atomic E-state index is 12.7. The van der Waals surface area contributed by atoms with Crippen molar-refractivity contribution in [1.29, 1.82) is 0 Å². The molecule has 0 fully saturated rings. The molecule has 2 aromatic rings. The van der Waals surface area contributed by atoms with Gasteiger partial charge in [0.25, 0.3) is 0 Å². The van der Waals surface area contributed by atoms with Gasteiger partial charge >= 0.3 is 0 Å². The number of nitrogens with one attached hydrogen (secondary N) is 1. The molecule has 0 aliphatic carbocycles. The van der Waals surface area contributed by atoms with Gasteiger partial charge in [-0.1, -0.05) is 30.3 Å². The lowest BCUT2D eigenvalue weighted by molar-refractivity contribution is 0.413. The minimum atomic E-state index is -3.56. The van der Waals surface area contributed by atoms with Crippen LogP contribution in [0.5, 0.6) is 5.75 Å². The summed E-state index contributed by atoms with van der Waals surface area (Å²) in [5.41, 5.74) is 2.59. The number of hydrogen-bond acceptors (Lipinski definition) is 3. The molecule has 0 heterocycles. The molecule has 0 aliphatic rings. The predicted molar refractivity (Wildman–Crippen MR) is 97.0 cm³/mol. The molecular formula is C19H25NO3S. The average Bonchev–Trinajstić information content (AvgIpc) is 2.52. The van der Waals surface area contributed by atoms with E-state index in [1.165, 1.54) is 5.56 Å². The standard InChI is InChI=1S/C19H25NO3S/c1-14-12-18(23-4)13-15(2)19(14)24(21,22)20-16(3)10-11-17-8-6-5-7-9-17/h5-9,12-13,16,20H,10-11H2,1-4H3. The van der Waals surface area contributed by atoms with Crippen LogP contribution in [0, 0.1) is 13.8 Å². The van der Waals surface area contributed by atoms with Gasteiger partial charge in [0.2, 0.25) is 10.0 Å². The molecule has 2 aromatic carbocycles. The molecule has 0 spiro atoms. The second kappa shape index (κ2) is 7.81. The van der Waals surface area contributed by atoms with E-state index in [2.05, 4.69) is 16.9 Å². The minimum Gasteiger partial charge on any atom is -0.497 e. The fourth-order valence-electron chi connectivity index (χ4n) is 2.86. The van der Waals surface area contributed by atoms with Crippen LogP contribution in [0.1, 0.15) is 30.0 Å². The molecule has 24 heavy (non-hydrogen) atoms. The van der Waals surface area contributed by atoms with Gasteiger partial charge in [-0.25, -0.2) is 13.1 Å². The van der Waals surface area contributed by atoms with Crippen molar-refractivity contribution in [3.8, 4) is 5.75 Å². The van der Waals surface area contributed by atoms with Gasteiger partial charge in [-0.05, 0) is 62.4 Å². The van der Waals surface area contributed by atoms with E-state index in [1.54, 1.807) is 33.1 Å². The molecule has 0 saturated carbocycles. The third-order valence-corrected chi connectivity index (χ3v) is 5.90. The van der Waals surface area contributed by atoms with E-state index in [0.29, 0.717) is 21.8 Å². The van der Waals surface area contributed by atoms with Crippen LogP contribution in [-0.4, -0.2) is 21.6 Å². The molecule has 0 saturated heterocycles. The van der Waals surface area contributed by atoms with Crippen LogP contribution >= 0.6 is 0 Å². The second-order valence-electron chi connectivity index (χ2n) is 6.14. The first-order valence-electron chi connectivity index (χ1n) is 8.05. The van der Waals surface area contributed by atoms with Gasteiger partial charge in [0.15, 0.2) is 0 Å². The lowest BCUT2D eigenvalue weighted by Crippen LogP contribution is -2.33. The Kier molecular flexibility index (Phi) is 6.02. The van der Waals surface area contributed by atoms with E-state index in [0.717, 1.165) is 12.8 Å². The normalized spacial score (nSPS) is 12.8. The molecule has 0 amide bonds. The molecule has 1 unspecified atom stereocenters. The van der Waals surface area contributed by atoms with Crippen LogP contribution in [0.25, 0.3) is 0 Å². The van der Waals surface area contributed by atoms with E-state index in [9.17, 15) is 8.42 Å². The number of aryl methyl sites for hydroxylation is 3. The van der Waals surface area contributed by atoms with E-state index < -0.39 is 10.0 Å². The van der Waals surface area contributed by atoms with Crippen LogP contribution in [0.2, 0.25) is 0 Å².